The summed E-state index contributed by atoms with van der Waals surface area (Å²) in [5.41, 5.74) is 7.52. The van der Waals surface area contributed by atoms with Crippen molar-refractivity contribution in [3.05, 3.63) is 36.0 Å². The highest BCUT2D eigenvalue weighted by molar-refractivity contribution is 5.53. The minimum absolute atomic E-state index is 0.674. The second-order valence-corrected chi connectivity index (χ2v) is 3.43. The summed E-state index contributed by atoms with van der Waals surface area (Å²) in [6.45, 7) is 4.01. The molecule has 0 aliphatic carbocycles. The monoisotopic (exact) mass is 202 g/mol. The number of aryl methyl sites for hydroxylation is 2. The van der Waals surface area contributed by atoms with Gasteiger partial charge in [0.15, 0.2) is 5.82 Å². The fraction of sp³-hybridized carbons (Fsp3) is 0.273. The zero-order valence-corrected chi connectivity index (χ0v) is 8.94. The van der Waals surface area contributed by atoms with Crippen molar-refractivity contribution in [2.24, 2.45) is 0 Å². The number of aromatic nitrogens is 3. The summed E-state index contributed by atoms with van der Waals surface area (Å²) < 4.78 is 1.93. The number of nitrogens with two attached hydrogens (primary N) is 1. The Kier molecular flexibility index (Phi) is 2.41. The quantitative estimate of drug-likeness (QED) is 0.806. The highest BCUT2D eigenvalue weighted by atomic mass is 15.1. The molecule has 0 saturated heterocycles. The van der Waals surface area contributed by atoms with Crippen LogP contribution < -0.4 is 5.73 Å². The summed E-state index contributed by atoms with van der Waals surface area (Å²) in [5.74, 6) is 1.74. The van der Waals surface area contributed by atoms with Crippen molar-refractivity contribution in [3.8, 4) is 5.82 Å². The molecule has 4 nitrogen and oxygen atoms in total. The van der Waals surface area contributed by atoms with Crippen LogP contribution in [0, 0.1) is 6.92 Å². The van der Waals surface area contributed by atoms with Crippen LogP contribution in [0.3, 0.4) is 0 Å². The fourth-order valence-electron chi connectivity index (χ4n) is 1.54. The molecule has 0 saturated carbocycles. The molecule has 15 heavy (non-hydrogen) atoms. The maximum atomic E-state index is 5.89. The van der Waals surface area contributed by atoms with Gasteiger partial charge in [-0.15, -0.1) is 0 Å². The molecule has 0 aromatic carbocycles. The van der Waals surface area contributed by atoms with Crippen LogP contribution in [0.2, 0.25) is 0 Å². The average molecular weight is 202 g/mol. The standard InChI is InChI=1S/C11H14N4/c1-3-10-13-6-7-15(10)11-9(12)5-4-8(2)14-11/h4-7H,3,12H2,1-2H3. The lowest BCUT2D eigenvalue weighted by Crippen LogP contribution is -2.06. The summed E-state index contributed by atoms with van der Waals surface area (Å²) in [4.78, 5) is 8.67. The number of hydrogen-bond donors (Lipinski definition) is 1. The molecule has 0 unspecified atom stereocenters. The predicted molar refractivity (Wildman–Crippen MR) is 59.9 cm³/mol. The lowest BCUT2D eigenvalue weighted by molar-refractivity contribution is 0.865. The van der Waals surface area contributed by atoms with Gasteiger partial charge in [0.25, 0.3) is 0 Å². The maximum Gasteiger partial charge on any atom is 0.161 e. The Bertz CT molecular complexity index is 473. The van der Waals surface area contributed by atoms with Crippen molar-refractivity contribution < 1.29 is 0 Å². The predicted octanol–water partition coefficient (Wildman–Crippen LogP) is 1.72. The summed E-state index contributed by atoms with van der Waals surface area (Å²) >= 11 is 0. The first-order chi connectivity index (χ1) is 7.22. The molecule has 2 N–H and O–H groups in total. The minimum atomic E-state index is 0.674. The lowest BCUT2D eigenvalue weighted by Gasteiger charge is -2.08. The van der Waals surface area contributed by atoms with Crippen molar-refractivity contribution in [1.82, 2.24) is 14.5 Å². The van der Waals surface area contributed by atoms with Crippen molar-refractivity contribution in [3.63, 3.8) is 0 Å². The molecule has 4 heteroatoms. The molecule has 0 radical (unpaired) electrons. The summed E-state index contributed by atoms with van der Waals surface area (Å²) in [7, 11) is 0. The zero-order chi connectivity index (χ0) is 10.8. The van der Waals surface area contributed by atoms with Gasteiger partial charge in [-0.25, -0.2) is 9.97 Å². The van der Waals surface area contributed by atoms with Crippen LogP contribution >= 0.6 is 0 Å². The van der Waals surface area contributed by atoms with E-state index in [0.29, 0.717) is 5.69 Å². The van der Waals surface area contributed by atoms with Gasteiger partial charge < -0.3 is 5.73 Å². The molecule has 0 bridgehead atoms. The number of pyridine rings is 1. The van der Waals surface area contributed by atoms with E-state index < -0.39 is 0 Å². The number of nitrogens with zero attached hydrogens (tertiary/aromatic N) is 3. The molecule has 2 rings (SSSR count). The highest BCUT2D eigenvalue weighted by Gasteiger charge is 2.07. The SMILES string of the molecule is CCc1nccn1-c1nc(C)ccc1N. The van der Waals surface area contributed by atoms with E-state index in [-0.39, 0.29) is 0 Å². The van der Waals surface area contributed by atoms with Gasteiger partial charge in [0.2, 0.25) is 0 Å². The van der Waals surface area contributed by atoms with Gasteiger partial charge in [-0.3, -0.25) is 4.57 Å². The van der Waals surface area contributed by atoms with Gasteiger partial charge in [0, 0.05) is 24.5 Å². The molecular formula is C11H14N4. The van der Waals surface area contributed by atoms with Gasteiger partial charge in [-0.05, 0) is 19.1 Å². The second kappa shape index (κ2) is 3.73. The largest absolute Gasteiger partial charge is 0.396 e. The summed E-state index contributed by atoms with van der Waals surface area (Å²) in [6, 6.07) is 3.78. The second-order valence-electron chi connectivity index (χ2n) is 3.43. The van der Waals surface area contributed by atoms with Crippen molar-refractivity contribution in [1.29, 1.82) is 0 Å². The zero-order valence-electron chi connectivity index (χ0n) is 8.94. The van der Waals surface area contributed by atoms with E-state index in [9.17, 15) is 0 Å². The van der Waals surface area contributed by atoms with Gasteiger partial charge in [0.05, 0.1) is 5.69 Å². The smallest absolute Gasteiger partial charge is 0.161 e. The van der Waals surface area contributed by atoms with Crippen LogP contribution in [-0.4, -0.2) is 14.5 Å². The molecule has 2 aromatic rings. The molecule has 0 spiro atoms. The van der Waals surface area contributed by atoms with E-state index in [1.165, 1.54) is 0 Å². The Morgan fingerprint density at radius 3 is 2.93 bits per heavy atom. The highest BCUT2D eigenvalue weighted by Crippen LogP contribution is 2.16. The van der Waals surface area contributed by atoms with E-state index in [0.717, 1.165) is 23.8 Å². The molecular weight excluding hydrogens is 188 g/mol. The van der Waals surface area contributed by atoms with E-state index in [1.807, 2.05) is 29.8 Å². The molecule has 0 amide bonds. The third-order valence-corrected chi connectivity index (χ3v) is 2.31. The van der Waals surface area contributed by atoms with E-state index in [2.05, 4.69) is 16.9 Å². The Hall–Kier alpha value is -1.84. The van der Waals surface area contributed by atoms with Gasteiger partial charge in [-0.2, -0.15) is 0 Å². The topological polar surface area (TPSA) is 56.7 Å². The molecule has 2 heterocycles. The molecule has 78 valence electrons. The van der Waals surface area contributed by atoms with Gasteiger partial charge in [0.1, 0.15) is 5.82 Å². The van der Waals surface area contributed by atoms with Crippen LogP contribution in [0.1, 0.15) is 18.4 Å². The Balaban J connectivity index is 2.58. The molecule has 0 aliphatic rings. The Morgan fingerprint density at radius 1 is 1.40 bits per heavy atom. The number of hydrogen-bond acceptors (Lipinski definition) is 3. The van der Waals surface area contributed by atoms with Crippen LogP contribution in [0.25, 0.3) is 5.82 Å². The van der Waals surface area contributed by atoms with E-state index in [1.54, 1.807) is 6.20 Å². The van der Waals surface area contributed by atoms with E-state index in [4.69, 9.17) is 5.73 Å². The van der Waals surface area contributed by atoms with Crippen LogP contribution in [0.15, 0.2) is 24.5 Å². The lowest BCUT2D eigenvalue weighted by atomic mass is 10.3. The first-order valence-corrected chi connectivity index (χ1v) is 4.98. The number of rotatable bonds is 2. The summed E-state index contributed by atoms with van der Waals surface area (Å²) in [5, 5.41) is 0. The first kappa shape index (κ1) is 9.71. The van der Waals surface area contributed by atoms with Gasteiger partial charge >= 0.3 is 0 Å². The minimum Gasteiger partial charge on any atom is -0.396 e. The fourth-order valence-corrected chi connectivity index (χ4v) is 1.54. The number of anilines is 1. The first-order valence-electron chi connectivity index (χ1n) is 4.98. The Morgan fingerprint density at radius 2 is 2.20 bits per heavy atom. The molecule has 0 atom stereocenters. The summed E-state index contributed by atoms with van der Waals surface area (Å²) in [6.07, 6.45) is 4.52. The van der Waals surface area contributed by atoms with Crippen molar-refractivity contribution in [2.75, 3.05) is 5.73 Å². The third-order valence-electron chi connectivity index (χ3n) is 2.31. The van der Waals surface area contributed by atoms with Crippen LogP contribution in [-0.2, 0) is 6.42 Å². The van der Waals surface area contributed by atoms with Gasteiger partial charge in [-0.1, -0.05) is 6.92 Å². The van der Waals surface area contributed by atoms with Crippen molar-refractivity contribution in [2.45, 2.75) is 20.3 Å². The molecule has 0 fully saturated rings. The normalized spacial score (nSPS) is 10.5. The number of nitrogen functional groups attached to an aromatic ring is 1. The Labute approximate surface area is 88.8 Å². The number of imidazole rings is 1. The molecule has 0 aliphatic heterocycles. The average Bonchev–Trinajstić information content (AvgIpc) is 2.69. The van der Waals surface area contributed by atoms with Crippen molar-refractivity contribution >= 4 is 5.69 Å². The molecule has 2 aromatic heterocycles. The maximum absolute atomic E-state index is 5.89. The van der Waals surface area contributed by atoms with E-state index >= 15 is 0 Å². The third kappa shape index (κ3) is 1.70. The van der Waals surface area contributed by atoms with Crippen LogP contribution in [0.5, 0.6) is 0 Å². The van der Waals surface area contributed by atoms with Crippen LogP contribution in [0.4, 0.5) is 5.69 Å².